The van der Waals surface area contributed by atoms with Crippen molar-refractivity contribution in [3.63, 3.8) is 0 Å². The van der Waals surface area contributed by atoms with E-state index in [2.05, 4.69) is 28.1 Å². The van der Waals surface area contributed by atoms with Crippen LogP contribution in [0.1, 0.15) is 31.7 Å². The average molecular weight is 441 g/mol. The lowest BCUT2D eigenvalue weighted by Gasteiger charge is -2.31. The number of fused-ring (bicyclic) bond motifs is 1. The van der Waals surface area contributed by atoms with Crippen molar-refractivity contribution >= 4 is 27.7 Å². The van der Waals surface area contributed by atoms with Crippen LogP contribution in [0.15, 0.2) is 48.5 Å². The molecule has 0 aliphatic carbocycles. The molecule has 1 saturated heterocycles. The molecular weight excluding hydrogens is 412 g/mol. The van der Waals surface area contributed by atoms with E-state index in [1.54, 1.807) is 18.3 Å². The van der Waals surface area contributed by atoms with Gasteiger partial charge in [0.05, 0.1) is 16.8 Å². The molecule has 1 aromatic heterocycles. The molecule has 0 atom stereocenters. The Bertz CT molecular complexity index is 948. The number of likely N-dealkylation sites (tertiary alicyclic amines) is 1. The number of rotatable bonds is 8. The van der Waals surface area contributed by atoms with E-state index in [4.69, 9.17) is 14.2 Å². The Morgan fingerprint density at radius 3 is 2.65 bits per heavy atom. The first-order chi connectivity index (χ1) is 15.2. The largest absolute Gasteiger partial charge is 0.508 e. The van der Waals surface area contributed by atoms with Crippen LogP contribution < -0.4 is 4.74 Å². The predicted octanol–water partition coefficient (Wildman–Crippen LogP) is 5.66. The Hall–Kier alpha value is -2.64. The van der Waals surface area contributed by atoms with Gasteiger partial charge in [-0.15, -0.1) is 0 Å². The van der Waals surface area contributed by atoms with E-state index in [1.165, 1.54) is 5.56 Å². The summed E-state index contributed by atoms with van der Waals surface area (Å²) in [6.07, 6.45) is 3.31. The van der Waals surface area contributed by atoms with Crippen LogP contribution in [0.25, 0.3) is 10.2 Å². The Balaban J connectivity index is 1.17. The molecule has 1 fully saturated rings. The maximum Gasteiger partial charge on any atom is 0.508 e. The van der Waals surface area contributed by atoms with E-state index >= 15 is 0 Å². The molecule has 1 aliphatic heterocycles. The van der Waals surface area contributed by atoms with E-state index in [1.807, 2.05) is 30.3 Å². The number of benzene rings is 2. The molecule has 4 rings (SSSR count). The van der Waals surface area contributed by atoms with Crippen molar-refractivity contribution in [2.75, 3.05) is 26.2 Å². The Morgan fingerprint density at radius 2 is 1.90 bits per heavy atom. The summed E-state index contributed by atoms with van der Waals surface area (Å²) in [5.74, 6) is 0.812. The summed E-state index contributed by atoms with van der Waals surface area (Å²) in [6, 6.07) is 16.3. The highest BCUT2D eigenvalue weighted by Gasteiger charge is 2.22. The van der Waals surface area contributed by atoms with Crippen LogP contribution in [0.5, 0.6) is 10.9 Å². The Kier molecular flexibility index (Phi) is 7.38. The van der Waals surface area contributed by atoms with Crippen LogP contribution in [0.2, 0.25) is 0 Å². The lowest BCUT2D eigenvalue weighted by atomic mass is 10.1. The molecule has 1 aliphatic rings. The monoisotopic (exact) mass is 440 g/mol. The first-order valence-electron chi connectivity index (χ1n) is 10.9. The highest BCUT2D eigenvalue weighted by molar-refractivity contribution is 7.20. The Morgan fingerprint density at radius 1 is 1.13 bits per heavy atom. The number of carbonyl (C=O) groups is 1. The molecule has 0 unspecified atom stereocenters. The normalized spacial score (nSPS) is 15.1. The standard InChI is InChI=1S/C24H28N2O4S/c1-2-28-24(27)30-20-13-16-26(17-14-20)15-5-6-18-9-11-19(12-10-18)29-23-25-21-7-3-4-8-22(21)31-23/h3-4,7-12,20H,2,5-6,13-17H2,1H3. The lowest BCUT2D eigenvalue weighted by Crippen LogP contribution is -2.38. The molecule has 2 aromatic carbocycles. The number of thiazole rings is 1. The number of aromatic nitrogens is 1. The van der Waals surface area contributed by atoms with Crippen LogP contribution >= 0.6 is 11.3 Å². The highest BCUT2D eigenvalue weighted by atomic mass is 32.1. The van der Waals surface area contributed by atoms with E-state index < -0.39 is 6.16 Å². The zero-order chi connectivity index (χ0) is 21.5. The second kappa shape index (κ2) is 10.6. The summed E-state index contributed by atoms with van der Waals surface area (Å²) < 4.78 is 17.2. The van der Waals surface area contributed by atoms with Crippen molar-refractivity contribution in [3.05, 3.63) is 54.1 Å². The maximum atomic E-state index is 11.4. The third kappa shape index (κ3) is 6.18. The van der Waals surface area contributed by atoms with E-state index in [-0.39, 0.29) is 6.10 Å². The van der Waals surface area contributed by atoms with Gasteiger partial charge in [-0.05, 0) is 69.0 Å². The molecule has 6 nitrogen and oxygen atoms in total. The summed E-state index contributed by atoms with van der Waals surface area (Å²) in [7, 11) is 0. The van der Waals surface area contributed by atoms with Crippen molar-refractivity contribution in [1.29, 1.82) is 0 Å². The summed E-state index contributed by atoms with van der Waals surface area (Å²) in [5, 5.41) is 0.671. The zero-order valence-corrected chi connectivity index (χ0v) is 18.6. The first kappa shape index (κ1) is 21.6. The molecule has 0 bridgehead atoms. The van der Waals surface area contributed by atoms with Crippen molar-refractivity contribution in [1.82, 2.24) is 9.88 Å². The smallest absolute Gasteiger partial charge is 0.435 e. The summed E-state index contributed by atoms with van der Waals surface area (Å²) >= 11 is 1.56. The van der Waals surface area contributed by atoms with Gasteiger partial charge in [0.25, 0.3) is 5.19 Å². The number of nitrogens with zero attached hydrogens (tertiary/aromatic N) is 2. The second-order valence-electron chi connectivity index (χ2n) is 7.64. The van der Waals surface area contributed by atoms with Crippen LogP contribution in [0.3, 0.4) is 0 Å². The number of hydrogen-bond acceptors (Lipinski definition) is 7. The molecule has 7 heteroatoms. The van der Waals surface area contributed by atoms with Gasteiger partial charge in [0.15, 0.2) is 0 Å². The molecule has 0 radical (unpaired) electrons. The van der Waals surface area contributed by atoms with Gasteiger partial charge in [-0.25, -0.2) is 9.78 Å². The lowest BCUT2D eigenvalue weighted by molar-refractivity contribution is 0.00189. The highest BCUT2D eigenvalue weighted by Crippen LogP contribution is 2.31. The molecule has 2 heterocycles. The number of aryl methyl sites for hydroxylation is 1. The van der Waals surface area contributed by atoms with Gasteiger partial charge in [-0.1, -0.05) is 35.6 Å². The molecule has 0 spiro atoms. The van der Waals surface area contributed by atoms with E-state index in [9.17, 15) is 4.79 Å². The minimum Gasteiger partial charge on any atom is -0.435 e. The number of piperidine rings is 1. The van der Waals surface area contributed by atoms with Gasteiger partial charge < -0.3 is 19.1 Å². The number of para-hydroxylation sites is 1. The van der Waals surface area contributed by atoms with Gasteiger partial charge in [0.1, 0.15) is 11.9 Å². The molecule has 0 amide bonds. The van der Waals surface area contributed by atoms with Crippen LogP contribution in [-0.2, 0) is 15.9 Å². The predicted molar refractivity (Wildman–Crippen MR) is 122 cm³/mol. The SMILES string of the molecule is CCOC(=O)OC1CCN(CCCc2ccc(Oc3nc4ccccc4s3)cc2)CC1. The molecule has 164 valence electrons. The van der Waals surface area contributed by atoms with Crippen molar-refractivity contribution < 1.29 is 19.0 Å². The van der Waals surface area contributed by atoms with Gasteiger partial charge >= 0.3 is 6.16 Å². The summed E-state index contributed by atoms with van der Waals surface area (Å²) in [5.41, 5.74) is 2.27. The maximum absolute atomic E-state index is 11.4. The first-order valence-corrected chi connectivity index (χ1v) is 11.7. The molecular formula is C24H28N2O4S. The van der Waals surface area contributed by atoms with Crippen LogP contribution in [0, 0.1) is 0 Å². The third-order valence-electron chi connectivity index (χ3n) is 5.40. The number of ether oxygens (including phenoxy) is 3. The topological polar surface area (TPSA) is 60.9 Å². The van der Waals surface area contributed by atoms with Crippen LogP contribution in [-0.4, -0.2) is 48.4 Å². The van der Waals surface area contributed by atoms with Gasteiger partial charge in [0, 0.05) is 13.1 Å². The van der Waals surface area contributed by atoms with Gasteiger partial charge in [-0.3, -0.25) is 0 Å². The fourth-order valence-corrected chi connectivity index (χ4v) is 4.60. The molecule has 3 aromatic rings. The van der Waals surface area contributed by atoms with Crippen molar-refractivity contribution in [2.45, 2.75) is 38.7 Å². The molecule has 0 N–H and O–H groups in total. The fourth-order valence-electron chi connectivity index (χ4n) is 3.77. The summed E-state index contributed by atoms with van der Waals surface area (Å²) in [4.78, 5) is 18.4. The fraction of sp³-hybridized carbons (Fsp3) is 0.417. The van der Waals surface area contributed by atoms with Gasteiger partial charge in [-0.2, -0.15) is 0 Å². The summed E-state index contributed by atoms with van der Waals surface area (Å²) in [6.45, 7) is 5.11. The van der Waals surface area contributed by atoms with E-state index in [0.29, 0.717) is 11.8 Å². The van der Waals surface area contributed by atoms with Crippen LogP contribution in [0.4, 0.5) is 4.79 Å². The number of hydrogen-bond donors (Lipinski definition) is 0. The van der Waals surface area contributed by atoms with Gasteiger partial charge in [0.2, 0.25) is 0 Å². The molecule has 0 saturated carbocycles. The van der Waals surface area contributed by atoms with E-state index in [0.717, 1.165) is 61.3 Å². The minimum atomic E-state index is -0.545. The number of carbonyl (C=O) groups excluding carboxylic acids is 1. The quantitative estimate of drug-likeness (QED) is 0.421. The second-order valence-corrected chi connectivity index (χ2v) is 8.63. The average Bonchev–Trinajstić information content (AvgIpc) is 3.19. The minimum absolute atomic E-state index is 0.0155. The van der Waals surface area contributed by atoms with Crippen molar-refractivity contribution in [3.8, 4) is 10.9 Å². The molecule has 31 heavy (non-hydrogen) atoms. The Labute approximate surface area is 186 Å². The zero-order valence-electron chi connectivity index (χ0n) is 17.8. The third-order valence-corrected chi connectivity index (χ3v) is 6.32. The van der Waals surface area contributed by atoms with Crippen molar-refractivity contribution in [2.24, 2.45) is 0 Å².